The lowest BCUT2D eigenvalue weighted by molar-refractivity contribution is 0.106. The molecule has 1 atom stereocenters. The largest absolute Gasteiger partial charge is 0.322 e. The van der Waals surface area contributed by atoms with Gasteiger partial charge in [0.1, 0.15) is 0 Å². The van der Waals surface area contributed by atoms with Crippen LogP contribution in [0.25, 0.3) is 0 Å². The molecule has 1 unspecified atom stereocenters. The van der Waals surface area contributed by atoms with E-state index in [1.54, 1.807) is 0 Å². The summed E-state index contributed by atoms with van der Waals surface area (Å²) in [5, 5.41) is 3.13. The Bertz CT molecular complexity index is 997. The van der Waals surface area contributed by atoms with Gasteiger partial charge in [-0.15, -0.1) is 0 Å². The van der Waals surface area contributed by atoms with Crippen molar-refractivity contribution < 1.29 is 4.79 Å². The second-order valence-electron chi connectivity index (χ2n) is 8.23. The first-order chi connectivity index (χ1) is 14.8. The summed E-state index contributed by atoms with van der Waals surface area (Å²) >= 11 is 0. The van der Waals surface area contributed by atoms with Crippen molar-refractivity contribution in [2.24, 2.45) is 0 Å². The van der Waals surface area contributed by atoms with Gasteiger partial charge >= 0.3 is 6.03 Å². The smallest absolute Gasteiger partial charge is 0.310 e. The third kappa shape index (κ3) is 3.71. The van der Waals surface area contributed by atoms with Gasteiger partial charge < -0.3 is 10.2 Å². The van der Waals surface area contributed by atoms with E-state index in [1.807, 2.05) is 18.2 Å². The van der Waals surface area contributed by atoms with Crippen LogP contribution < -0.4 is 5.32 Å². The van der Waals surface area contributed by atoms with Crippen molar-refractivity contribution >= 4 is 11.7 Å². The summed E-state index contributed by atoms with van der Waals surface area (Å²) in [7, 11) is 0. The van der Waals surface area contributed by atoms with Gasteiger partial charge in [-0.3, -0.25) is 4.90 Å². The molecule has 0 saturated carbocycles. The number of piperidine rings is 1. The maximum atomic E-state index is 13.2. The second-order valence-corrected chi connectivity index (χ2v) is 8.23. The van der Waals surface area contributed by atoms with Crippen molar-refractivity contribution in [3.63, 3.8) is 0 Å². The number of fused-ring (bicyclic) bond motifs is 1. The highest BCUT2D eigenvalue weighted by atomic mass is 16.2. The molecule has 0 spiro atoms. The highest BCUT2D eigenvalue weighted by molar-refractivity contribution is 5.93. The average Bonchev–Trinajstić information content (AvgIpc) is 2.80. The number of benzene rings is 3. The van der Waals surface area contributed by atoms with Crippen LogP contribution in [0, 0.1) is 0 Å². The molecule has 2 heterocycles. The van der Waals surface area contributed by atoms with Gasteiger partial charge in [-0.1, -0.05) is 78.9 Å². The first-order valence-electron chi connectivity index (χ1n) is 10.8. The fraction of sp³-hybridized carbons (Fsp3) is 0.269. The zero-order valence-electron chi connectivity index (χ0n) is 17.1. The van der Waals surface area contributed by atoms with Crippen molar-refractivity contribution in [1.29, 1.82) is 0 Å². The minimum Gasteiger partial charge on any atom is -0.310 e. The Morgan fingerprint density at radius 2 is 1.43 bits per heavy atom. The van der Waals surface area contributed by atoms with Crippen LogP contribution in [-0.4, -0.2) is 35.0 Å². The van der Waals surface area contributed by atoms with E-state index in [-0.39, 0.29) is 18.1 Å². The molecule has 152 valence electrons. The number of carbonyl (C=O) groups excluding carboxylic acids is 1. The van der Waals surface area contributed by atoms with E-state index in [1.165, 1.54) is 16.7 Å². The Balaban J connectivity index is 1.38. The number of rotatable bonds is 4. The third-order valence-corrected chi connectivity index (χ3v) is 6.32. The lowest BCUT2D eigenvalue weighted by Gasteiger charge is -2.45. The van der Waals surface area contributed by atoms with Gasteiger partial charge in [-0.25, -0.2) is 4.79 Å². The Labute approximate surface area is 178 Å². The zero-order chi connectivity index (χ0) is 20.3. The van der Waals surface area contributed by atoms with Gasteiger partial charge in [0.25, 0.3) is 0 Å². The van der Waals surface area contributed by atoms with Crippen molar-refractivity contribution in [3.8, 4) is 0 Å². The van der Waals surface area contributed by atoms with Crippen molar-refractivity contribution in [3.05, 3.63) is 102 Å². The number of urea groups is 1. The molecule has 0 aromatic heterocycles. The van der Waals surface area contributed by atoms with E-state index in [2.05, 4.69) is 81.8 Å². The number of hydrogen-bond donors (Lipinski definition) is 1. The molecule has 0 bridgehead atoms. The Morgan fingerprint density at radius 1 is 0.800 bits per heavy atom. The molecule has 5 rings (SSSR count). The minimum absolute atomic E-state index is 0.0177. The Morgan fingerprint density at radius 3 is 2.17 bits per heavy atom. The summed E-state index contributed by atoms with van der Waals surface area (Å²) in [6.07, 6.45) is 1.98. The first-order valence-corrected chi connectivity index (χ1v) is 10.8. The fourth-order valence-electron chi connectivity index (χ4n) is 4.85. The van der Waals surface area contributed by atoms with Crippen LogP contribution in [0.3, 0.4) is 0 Å². The molecule has 3 aromatic carbocycles. The van der Waals surface area contributed by atoms with Gasteiger partial charge in [-0.05, 0) is 30.0 Å². The first kappa shape index (κ1) is 18.9. The van der Waals surface area contributed by atoms with Gasteiger partial charge in [0.05, 0.1) is 6.04 Å². The molecule has 4 nitrogen and oxygen atoms in total. The molecule has 2 aliphatic heterocycles. The number of nitrogens with zero attached hydrogens (tertiary/aromatic N) is 2. The highest BCUT2D eigenvalue weighted by Crippen LogP contribution is 2.40. The van der Waals surface area contributed by atoms with Crippen molar-refractivity contribution in [1.82, 2.24) is 9.80 Å². The number of carbonyl (C=O) groups is 1. The predicted octanol–water partition coefficient (Wildman–Crippen LogP) is 5.29. The molecule has 0 aliphatic carbocycles. The normalized spacial score (nSPS) is 19.9. The summed E-state index contributed by atoms with van der Waals surface area (Å²) in [6.45, 7) is 2.99. The molecule has 2 aliphatic rings. The maximum Gasteiger partial charge on any atom is 0.322 e. The van der Waals surface area contributed by atoms with Crippen LogP contribution >= 0.6 is 0 Å². The fourth-order valence-corrected chi connectivity index (χ4v) is 4.85. The van der Waals surface area contributed by atoms with E-state index in [0.29, 0.717) is 0 Å². The van der Waals surface area contributed by atoms with E-state index in [9.17, 15) is 4.79 Å². The highest BCUT2D eigenvalue weighted by Gasteiger charge is 2.38. The predicted molar refractivity (Wildman–Crippen MR) is 120 cm³/mol. The molecule has 1 fully saturated rings. The van der Waals surface area contributed by atoms with Crippen LogP contribution in [0.4, 0.5) is 10.5 Å². The topological polar surface area (TPSA) is 35.6 Å². The monoisotopic (exact) mass is 397 g/mol. The molecule has 30 heavy (non-hydrogen) atoms. The van der Waals surface area contributed by atoms with Gasteiger partial charge in [0.15, 0.2) is 0 Å². The van der Waals surface area contributed by atoms with E-state index in [0.717, 1.165) is 38.2 Å². The van der Waals surface area contributed by atoms with Gasteiger partial charge in [0.2, 0.25) is 0 Å². The molecular formula is C26H27N3O. The number of likely N-dealkylation sites (tertiary alicyclic amines) is 1. The molecule has 4 heteroatoms. The van der Waals surface area contributed by atoms with Crippen molar-refractivity contribution in [2.45, 2.75) is 31.5 Å². The number of amides is 2. The van der Waals surface area contributed by atoms with E-state index < -0.39 is 0 Å². The molecule has 2 amide bonds. The van der Waals surface area contributed by atoms with E-state index in [4.69, 9.17) is 0 Å². The van der Waals surface area contributed by atoms with Crippen molar-refractivity contribution in [2.75, 3.05) is 18.4 Å². The summed E-state index contributed by atoms with van der Waals surface area (Å²) in [6, 6.07) is 29.5. The SMILES string of the molecule is O=C1Nc2ccccc2C(c2ccccc2)N1C1CCN(Cc2ccccc2)CC1. The van der Waals surface area contributed by atoms with E-state index >= 15 is 0 Å². The molecule has 0 radical (unpaired) electrons. The maximum absolute atomic E-state index is 13.2. The van der Waals surface area contributed by atoms with Gasteiger partial charge in [0, 0.05) is 36.9 Å². The molecule has 1 N–H and O–H groups in total. The van der Waals surface area contributed by atoms with Crippen LogP contribution in [-0.2, 0) is 6.54 Å². The number of anilines is 1. The van der Waals surface area contributed by atoms with Crippen LogP contribution in [0.2, 0.25) is 0 Å². The average molecular weight is 398 g/mol. The Kier molecular flexibility index (Phi) is 5.24. The second kappa shape index (κ2) is 8.33. The summed E-state index contributed by atoms with van der Waals surface area (Å²) < 4.78 is 0. The number of nitrogens with one attached hydrogen (secondary N) is 1. The lowest BCUT2D eigenvalue weighted by atomic mass is 9.90. The summed E-state index contributed by atoms with van der Waals surface area (Å²) in [5.41, 5.74) is 4.62. The minimum atomic E-state index is -0.0400. The zero-order valence-corrected chi connectivity index (χ0v) is 17.1. The summed E-state index contributed by atoms with van der Waals surface area (Å²) in [5.74, 6) is 0. The summed E-state index contributed by atoms with van der Waals surface area (Å²) in [4.78, 5) is 17.8. The number of hydrogen-bond acceptors (Lipinski definition) is 2. The number of para-hydroxylation sites is 1. The van der Waals surface area contributed by atoms with Crippen LogP contribution in [0.1, 0.15) is 35.6 Å². The standard InChI is InChI=1S/C26H27N3O/c30-26-27-24-14-8-7-13-23(24)25(21-11-5-2-6-12-21)29(26)22-15-17-28(18-16-22)19-20-9-3-1-4-10-20/h1-14,22,25H,15-19H2,(H,27,30). The van der Waals surface area contributed by atoms with Gasteiger partial charge in [-0.2, -0.15) is 0 Å². The molecule has 3 aromatic rings. The quantitative estimate of drug-likeness (QED) is 0.649. The third-order valence-electron chi connectivity index (χ3n) is 6.32. The molecule has 1 saturated heterocycles. The van der Waals surface area contributed by atoms with Crippen LogP contribution in [0.5, 0.6) is 0 Å². The lowest BCUT2D eigenvalue weighted by Crippen LogP contribution is -2.52. The Hall–Kier alpha value is -3.11. The van der Waals surface area contributed by atoms with Crippen LogP contribution in [0.15, 0.2) is 84.9 Å². The molecular weight excluding hydrogens is 370 g/mol.